The highest BCUT2D eigenvalue weighted by molar-refractivity contribution is 5.97. The van der Waals surface area contributed by atoms with Gasteiger partial charge in [0.25, 0.3) is 0 Å². The molecule has 196 valence electrons. The zero-order valence-corrected chi connectivity index (χ0v) is 20.6. The Morgan fingerprint density at radius 2 is 1.92 bits per heavy atom. The Kier molecular flexibility index (Phi) is 8.27. The standard InChI is InChI=1S/C27H33F4N3O2/c1-19-22(3-2-13-32-19)24(35)17-20-6-10-26(28,11-7-20)12-16-34-14-8-21-4-5-25(33-23(21)9-15-34)36-18-27(29,30)31/h2-5,13,20H,6-12,14-18H2,1H3. The second kappa shape index (κ2) is 11.2. The average Bonchev–Trinajstić information content (AvgIpc) is 3.05. The molecule has 0 aromatic carbocycles. The Morgan fingerprint density at radius 1 is 1.17 bits per heavy atom. The molecule has 0 radical (unpaired) electrons. The molecule has 1 aliphatic carbocycles. The molecule has 1 saturated carbocycles. The number of aromatic nitrogens is 2. The van der Waals surface area contributed by atoms with E-state index in [1.54, 1.807) is 24.4 Å². The van der Waals surface area contributed by atoms with E-state index in [0.29, 0.717) is 63.6 Å². The summed E-state index contributed by atoms with van der Waals surface area (Å²) >= 11 is 0. The van der Waals surface area contributed by atoms with Crippen molar-refractivity contribution >= 4 is 5.78 Å². The van der Waals surface area contributed by atoms with Crippen molar-refractivity contribution in [1.82, 2.24) is 14.9 Å². The van der Waals surface area contributed by atoms with Crippen LogP contribution in [0.1, 0.15) is 65.8 Å². The summed E-state index contributed by atoms with van der Waals surface area (Å²) in [4.78, 5) is 23.3. The molecule has 2 aromatic rings. The zero-order chi connectivity index (χ0) is 25.8. The lowest BCUT2D eigenvalue weighted by molar-refractivity contribution is -0.154. The third-order valence-corrected chi connectivity index (χ3v) is 7.45. The first-order chi connectivity index (χ1) is 17.1. The van der Waals surface area contributed by atoms with Crippen LogP contribution in [0, 0.1) is 12.8 Å². The molecule has 2 aliphatic rings. The second-order valence-electron chi connectivity index (χ2n) is 10.1. The number of ether oxygens (including phenoxy) is 1. The van der Waals surface area contributed by atoms with Gasteiger partial charge < -0.3 is 9.64 Å². The lowest BCUT2D eigenvalue weighted by atomic mass is 9.76. The van der Waals surface area contributed by atoms with Crippen molar-refractivity contribution in [2.75, 3.05) is 26.2 Å². The summed E-state index contributed by atoms with van der Waals surface area (Å²) in [5.74, 6) is 0.270. The van der Waals surface area contributed by atoms with Gasteiger partial charge in [-0.1, -0.05) is 6.07 Å². The molecule has 0 atom stereocenters. The fourth-order valence-corrected chi connectivity index (χ4v) is 5.23. The number of fused-ring (bicyclic) bond motifs is 1. The highest BCUT2D eigenvalue weighted by Gasteiger charge is 2.36. The van der Waals surface area contributed by atoms with Crippen LogP contribution in [0.2, 0.25) is 0 Å². The number of carbonyl (C=O) groups is 1. The lowest BCUT2D eigenvalue weighted by Crippen LogP contribution is -2.36. The zero-order valence-electron chi connectivity index (χ0n) is 20.6. The summed E-state index contributed by atoms with van der Waals surface area (Å²) in [6.45, 7) is 2.54. The summed E-state index contributed by atoms with van der Waals surface area (Å²) in [6, 6.07) is 6.84. The minimum absolute atomic E-state index is 0.0174. The average molecular weight is 508 g/mol. The van der Waals surface area contributed by atoms with Crippen molar-refractivity contribution in [3.63, 3.8) is 0 Å². The monoisotopic (exact) mass is 507 g/mol. The normalized spacial score (nSPS) is 23.1. The van der Waals surface area contributed by atoms with Crippen molar-refractivity contribution in [3.05, 3.63) is 53.0 Å². The van der Waals surface area contributed by atoms with E-state index in [0.717, 1.165) is 29.9 Å². The predicted molar refractivity (Wildman–Crippen MR) is 128 cm³/mol. The van der Waals surface area contributed by atoms with Crippen LogP contribution < -0.4 is 4.74 Å². The van der Waals surface area contributed by atoms with Crippen molar-refractivity contribution in [2.45, 2.75) is 70.1 Å². The van der Waals surface area contributed by atoms with Crippen LogP contribution in [-0.2, 0) is 12.8 Å². The van der Waals surface area contributed by atoms with E-state index in [1.807, 2.05) is 6.92 Å². The van der Waals surface area contributed by atoms with Gasteiger partial charge in [-0.3, -0.25) is 9.78 Å². The molecule has 4 rings (SSSR count). The largest absolute Gasteiger partial charge is 0.468 e. The molecule has 0 bridgehead atoms. The van der Waals surface area contributed by atoms with Crippen molar-refractivity contribution < 1.29 is 27.1 Å². The van der Waals surface area contributed by atoms with Gasteiger partial charge in [0, 0.05) is 61.7 Å². The van der Waals surface area contributed by atoms with Gasteiger partial charge in [-0.15, -0.1) is 0 Å². The summed E-state index contributed by atoms with van der Waals surface area (Å²) in [5, 5.41) is 0. The Morgan fingerprint density at radius 3 is 2.64 bits per heavy atom. The number of Topliss-reactive ketones (excluding diaryl/α,β-unsaturated/α-hetero) is 1. The topological polar surface area (TPSA) is 55.3 Å². The Balaban J connectivity index is 1.23. The van der Waals surface area contributed by atoms with Gasteiger partial charge in [-0.2, -0.15) is 13.2 Å². The molecule has 1 aliphatic heterocycles. The SMILES string of the molecule is Cc1ncccc1C(=O)CC1CCC(F)(CCN2CCc3ccc(OCC(F)(F)F)nc3CC2)CC1. The summed E-state index contributed by atoms with van der Waals surface area (Å²) in [5.41, 5.74) is 1.92. The van der Waals surface area contributed by atoms with E-state index >= 15 is 4.39 Å². The first kappa shape index (κ1) is 26.5. The van der Waals surface area contributed by atoms with Crippen LogP contribution in [0.15, 0.2) is 30.5 Å². The molecule has 5 nitrogen and oxygen atoms in total. The molecular formula is C27H33F4N3O2. The van der Waals surface area contributed by atoms with E-state index in [2.05, 4.69) is 14.9 Å². The van der Waals surface area contributed by atoms with E-state index in [9.17, 15) is 18.0 Å². The molecule has 1 fully saturated rings. The van der Waals surface area contributed by atoms with Crippen molar-refractivity contribution in [3.8, 4) is 5.88 Å². The molecule has 3 heterocycles. The van der Waals surface area contributed by atoms with E-state index in [1.165, 1.54) is 6.07 Å². The van der Waals surface area contributed by atoms with Crippen LogP contribution in [-0.4, -0.2) is 58.7 Å². The van der Waals surface area contributed by atoms with Crippen molar-refractivity contribution in [1.29, 1.82) is 0 Å². The first-order valence-corrected chi connectivity index (χ1v) is 12.6. The summed E-state index contributed by atoms with van der Waals surface area (Å²) in [7, 11) is 0. The van der Waals surface area contributed by atoms with E-state index in [4.69, 9.17) is 4.74 Å². The first-order valence-electron chi connectivity index (χ1n) is 12.6. The number of ketones is 1. The maximum absolute atomic E-state index is 15.6. The maximum atomic E-state index is 15.6. The molecule has 36 heavy (non-hydrogen) atoms. The van der Waals surface area contributed by atoms with E-state index < -0.39 is 18.5 Å². The Labute approximate surface area is 209 Å². The van der Waals surface area contributed by atoms with Crippen LogP contribution in [0.3, 0.4) is 0 Å². The molecule has 9 heteroatoms. The number of hydrogen-bond acceptors (Lipinski definition) is 5. The third kappa shape index (κ3) is 7.24. The molecule has 0 spiro atoms. The summed E-state index contributed by atoms with van der Waals surface area (Å²) in [6.07, 6.45) is 1.81. The summed E-state index contributed by atoms with van der Waals surface area (Å²) < 4.78 is 57.6. The van der Waals surface area contributed by atoms with Gasteiger partial charge in [0.1, 0.15) is 5.67 Å². The number of pyridine rings is 2. The maximum Gasteiger partial charge on any atom is 0.422 e. The number of aryl methyl sites for hydroxylation is 1. The minimum atomic E-state index is -4.40. The number of rotatable bonds is 8. The van der Waals surface area contributed by atoms with Gasteiger partial charge in [0.2, 0.25) is 5.88 Å². The predicted octanol–water partition coefficient (Wildman–Crippen LogP) is 5.69. The van der Waals surface area contributed by atoms with Crippen molar-refractivity contribution in [2.24, 2.45) is 5.92 Å². The van der Waals surface area contributed by atoms with Gasteiger partial charge in [0.15, 0.2) is 12.4 Å². The Bertz CT molecular complexity index is 1050. The highest BCUT2D eigenvalue weighted by atomic mass is 19.4. The number of carbonyl (C=O) groups excluding carboxylic acids is 1. The van der Waals surface area contributed by atoms with Gasteiger partial charge in [0.05, 0.1) is 0 Å². The molecule has 2 aromatic heterocycles. The number of hydrogen-bond donors (Lipinski definition) is 0. The molecule has 0 unspecified atom stereocenters. The lowest BCUT2D eigenvalue weighted by Gasteiger charge is -2.35. The fraction of sp³-hybridized carbons (Fsp3) is 0.593. The van der Waals surface area contributed by atoms with E-state index in [-0.39, 0.29) is 17.6 Å². The molecule has 0 saturated heterocycles. The second-order valence-corrected chi connectivity index (χ2v) is 10.1. The number of halogens is 4. The fourth-order valence-electron chi connectivity index (χ4n) is 5.23. The number of alkyl halides is 4. The smallest absolute Gasteiger partial charge is 0.422 e. The van der Waals surface area contributed by atoms with Crippen LogP contribution in [0.5, 0.6) is 5.88 Å². The quantitative estimate of drug-likeness (QED) is 0.340. The minimum Gasteiger partial charge on any atom is -0.468 e. The molecule has 0 amide bonds. The third-order valence-electron chi connectivity index (χ3n) is 7.45. The van der Waals surface area contributed by atoms with Gasteiger partial charge in [-0.05, 0) is 69.1 Å². The molecule has 0 N–H and O–H groups in total. The highest BCUT2D eigenvalue weighted by Crippen LogP contribution is 2.39. The van der Waals surface area contributed by atoms with Gasteiger partial charge >= 0.3 is 6.18 Å². The van der Waals surface area contributed by atoms with Crippen LogP contribution in [0.25, 0.3) is 0 Å². The Hall–Kier alpha value is -2.55. The number of nitrogens with zero attached hydrogens (tertiary/aromatic N) is 3. The molecular weight excluding hydrogens is 474 g/mol. The van der Waals surface area contributed by atoms with Crippen LogP contribution in [0.4, 0.5) is 17.6 Å². The van der Waals surface area contributed by atoms with Crippen LogP contribution >= 0.6 is 0 Å². The van der Waals surface area contributed by atoms with Gasteiger partial charge in [-0.25, -0.2) is 9.37 Å².